The third kappa shape index (κ3) is 4.60. The Morgan fingerprint density at radius 2 is 1.54 bits per heavy atom. The molecule has 180 valence electrons. The summed E-state index contributed by atoms with van der Waals surface area (Å²) >= 11 is 1.12. The van der Waals surface area contributed by atoms with Crippen LogP contribution in [-0.2, 0) is 4.79 Å². The monoisotopic (exact) mass is 492 g/mol. The molecule has 4 aromatic rings. The summed E-state index contributed by atoms with van der Waals surface area (Å²) in [5, 5.41) is 5.92. The van der Waals surface area contributed by atoms with E-state index in [-0.39, 0.29) is 5.91 Å². The lowest BCUT2D eigenvalue weighted by molar-refractivity contribution is -0.118. The molecule has 2 heterocycles. The van der Waals surface area contributed by atoms with Gasteiger partial charge in [0.15, 0.2) is 0 Å². The first-order valence-corrected chi connectivity index (χ1v) is 11.6. The fraction of sp³-hybridized carbons (Fsp3) is 0.200. The summed E-state index contributed by atoms with van der Waals surface area (Å²) in [5.74, 6) is 0.256. The lowest BCUT2D eigenvalue weighted by atomic mass is 10.2. The molecule has 2 aromatic heterocycles. The van der Waals surface area contributed by atoms with E-state index in [2.05, 4.69) is 15.6 Å². The predicted octanol–water partition coefficient (Wildman–Crippen LogP) is 4.24. The molecule has 9 nitrogen and oxygen atoms in total. The third-order valence-corrected chi connectivity index (χ3v) is 6.80. The molecule has 2 amide bonds. The van der Waals surface area contributed by atoms with Crippen LogP contribution in [0.4, 0.5) is 11.4 Å². The Balaban J connectivity index is 1.64. The summed E-state index contributed by atoms with van der Waals surface area (Å²) in [4.78, 5) is 44.4. The summed E-state index contributed by atoms with van der Waals surface area (Å²) < 4.78 is 11.8. The largest absolute Gasteiger partial charge is 0.495 e. The van der Waals surface area contributed by atoms with E-state index >= 15 is 0 Å². The van der Waals surface area contributed by atoms with E-state index in [9.17, 15) is 14.4 Å². The minimum Gasteiger partial charge on any atom is -0.495 e. The molecule has 0 bridgehead atoms. The number of ether oxygens (including phenoxy) is 2. The van der Waals surface area contributed by atoms with E-state index in [4.69, 9.17) is 9.47 Å². The number of aromatic nitrogens is 2. The zero-order chi connectivity index (χ0) is 25.1. The molecule has 2 N–H and O–H groups in total. The first kappa shape index (κ1) is 24.0. The van der Waals surface area contributed by atoms with E-state index in [1.807, 2.05) is 0 Å². The number of carbonyl (C=O) groups excluding carboxylic acids is 2. The van der Waals surface area contributed by atoms with Crippen molar-refractivity contribution < 1.29 is 19.1 Å². The van der Waals surface area contributed by atoms with Gasteiger partial charge in [0.1, 0.15) is 22.4 Å². The average molecular weight is 493 g/mol. The van der Waals surface area contributed by atoms with Crippen LogP contribution < -0.4 is 25.7 Å². The van der Waals surface area contributed by atoms with Crippen LogP contribution in [0.3, 0.4) is 0 Å². The number of thiophene rings is 1. The maximum absolute atomic E-state index is 13.3. The van der Waals surface area contributed by atoms with Crippen molar-refractivity contribution in [1.82, 2.24) is 9.55 Å². The molecule has 0 saturated heterocycles. The second-order valence-electron chi connectivity index (χ2n) is 7.71. The van der Waals surface area contributed by atoms with Crippen molar-refractivity contribution in [2.45, 2.75) is 19.9 Å². The van der Waals surface area contributed by atoms with Gasteiger partial charge >= 0.3 is 0 Å². The maximum Gasteiger partial charge on any atom is 0.266 e. The fourth-order valence-electron chi connectivity index (χ4n) is 3.67. The van der Waals surface area contributed by atoms with Gasteiger partial charge in [-0.2, -0.15) is 0 Å². The van der Waals surface area contributed by atoms with Crippen molar-refractivity contribution in [2.24, 2.45) is 0 Å². The summed E-state index contributed by atoms with van der Waals surface area (Å²) in [6.07, 6.45) is 1.33. The maximum atomic E-state index is 13.3. The summed E-state index contributed by atoms with van der Waals surface area (Å²) in [6, 6.07) is 13.2. The summed E-state index contributed by atoms with van der Waals surface area (Å²) in [7, 11) is 3.03. The number of benzene rings is 2. The number of nitrogens with zero attached hydrogens (tertiary/aromatic N) is 2. The molecule has 0 aliphatic rings. The Morgan fingerprint density at radius 1 is 0.971 bits per heavy atom. The van der Waals surface area contributed by atoms with Gasteiger partial charge < -0.3 is 20.1 Å². The Bertz CT molecular complexity index is 1480. The van der Waals surface area contributed by atoms with Crippen molar-refractivity contribution in [1.29, 1.82) is 0 Å². The molecule has 0 saturated carbocycles. The Labute approximate surface area is 205 Å². The van der Waals surface area contributed by atoms with Gasteiger partial charge in [-0.25, -0.2) is 4.98 Å². The second kappa shape index (κ2) is 9.98. The highest BCUT2D eigenvalue weighted by molar-refractivity contribution is 7.20. The van der Waals surface area contributed by atoms with E-state index in [1.165, 1.54) is 25.1 Å². The number of methoxy groups -OCH3 is 2. The van der Waals surface area contributed by atoms with Gasteiger partial charge in [-0.1, -0.05) is 24.3 Å². The molecular formula is C25H24N4O5S. The molecule has 0 spiro atoms. The van der Waals surface area contributed by atoms with Crippen molar-refractivity contribution in [3.05, 3.63) is 75.7 Å². The van der Waals surface area contributed by atoms with Crippen LogP contribution >= 0.6 is 11.3 Å². The number of anilines is 2. The molecule has 0 radical (unpaired) electrons. The molecule has 1 unspecified atom stereocenters. The lowest BCUT2D eigenvalue weighted by Gasteiger charge is -2.16. The summed E-state index contributed by atoms with van der Waals surface area (Å²) in [5.41, 5.74) is 1.11. The molecule has 35 heavy (non-hydrogen) atoms. The average Bonchev–Trinajstić information content (AvgIpc) is 3.21. The molecule has 1 atom stereocenters. The molecule has 4 rings (SSSR count). The van der Waals surface area contributed by atoms with Crippen LogP contribution in [0.2, 0.25) is 0 Å². The lowest BCUT2D eigenvalue weighted by Crippen LogP contribution is -2.31. The number of nitrogens with one attached hydrogen (secondary N) is 2. The number of amides is 2. The van der Waals surface area contributed by atoms with E-state index < -0.39 is 17.5 Å². The molecular weight excluding hydrogens is 468 g/mol. The number of fused-ring (bicyclic) bond motifs is 1. The first-order chi connectivity index (χ1) is 16.8. The number of para-hydroxylation sites is 4. The van der Waals surface area contributed by atoms with E-state index in [0.29, 0.717) is 43.5 Å². The quantitative estimate of drug-likeness (QED) is 0.399. The number of aryl methyl sites for hydroxylation is 1. The SMILES string of the molecule is COc1ccccc1NC(=O)c1sc2ncn(C(C)C(=O)Nc3ccccc3OC)c(=O)c2c1C. The van der Waals surface area contributed by atoms with Crippen LogP contribution in [0.15, 0.2) is 59.7 Å². The number of carbonyl (C=O) groups is 2. The van der Waals surface area contributed by atoms with Crippen LogP contribution in [0.5, 0.6) is 11.5 Å². The van der Waals surface area contributed by atoms with Crippen molar-refractivity contribution in [2.75, 3.05) is 24.9 Å². The Hall–Kier alpha value is -4.18. The normalized spacial score (nSPS) is 11.7. The Kier molecular flexibility index (Phi) is 6.83. The highest BCUT2D eigenvalue weighted by Crippen LogP contribution is 2.30. The van der Waals surface area contributed by atoms with Gasteiger partial charge in [0, 0.05) is 0 Å². The topological polar surface area (TPSA) is 112 Å². The van der Waals surface area contributed by atoms with Gasteiger partial charge in [-0.3, -0.25) is 19.0 Å². The van der Waals surface area contributed by atoms with Gasteiger partial charge in [0.05, 0.1) is 42.2 Å². The van der Waals surface area contributed by atoms with Crippen LogP contribution in [0, 0.1) is 6.92 Å². The molecule has 0 aliphatic carbocycles. The minimum absolute atomic E-state index is 0.305. The smallest absolute Gasteiger partial charge is 0.266 e. The van der Waals surface area contributed by atoms with Gasteiger partial charge in [-0.15, -0.1) is 11.3 Å². The van der Waals surface area contributed by atoms with Crippen LogP contribution in [0.1, 0.15) is 28.2 Å². The second-order valence-corrected chi connectivity index (χ2v) is 8.71. The van der Waals surface area contributed by atoms with Crippen molar-refractivity contribution in [3.8, 4) is 11.5 Å². The third-order valence-electron chi connectivity index (χ3n) is 5.60. The minimum atomic E-state index is -0.852. The first-order valence-electron chi connectivity index (χ1n) is 10.7. The van der Waals surface area contributed by atoms with Crippen molar-refractivity contribution in [3.63, 3.8) is 0 Å². The van der Waals surface area contributed by atoms with Gasteiger partial charge in [-0.05, 0) is 43.7 Å². The molecule has 0 fully saturated rings. The Morgan fingerprint density at radius 3 is 2.14 bits per heavy atom. The molecule has 2 aromatic carbocycles. The zero-order valence-corrected chi connectivity index (χ0v) is 20.4. The molecule has 10 heteroatoms. The zero-order valence-electron chi connectivity index (χ0n) is 19.6. The molecule has 0 aliphatic heterocycles. The summed E-state index contributed by atoms with van der Waals surface area (Å²) in [6.45, 7) is 3.31. The van der Waals surface area contributed by atoms with Crippen molar-refractivity contribution >= 4 is 44.7 Å². The standard InChI is InChI=1S/C25H24N4O5S/c1-14-20-24(35-21(14)23(31)28-17-10-6-8-12-19(17)34-4)26-13-29(25(20)32)15(2)22(30)27-16-9-5-7-11-18(16)33-3/h5-13,15H,1-4H3,(H,27,30)(H,28,31). The van der Waals surface area contributed by atoms with E-state index in [0.717, 1.165) is 11.3 Å². The highest BCUT2D eigenvalue weighted by atomic mass is 32.1. The van der Waals surface area contributed by atoms with Crippen LogP contribution in [-0.4, -0.2) is 35.6 Å². The predicted molar refractivity (Wildman–Crippen MR) is 136 cm³/mol. The van der Waals surface area contributed by atoms with E-state index in [1.54, 1.807) is 62.4 Å². The fourth-order valence-corrected chi connectivity index (χ4v) is 4.70. The number of hydrogen-bond acceptors (Lipinski definition) is 7. The van der Waals surface area contributed by atoms with Crippen LogP contribution in [0.25, 0.3) is 10.2 Å². The number of hydrogen-bond donors (Lipinski definition) is 2. The highest BCUT2D eigenvalue weighted by Gasteiger charge is 2.24. The number of rotatable bonds is 7. The van der Waals surface area contributed by atoms with Gasteiger partial charge in [0.2, 0.25) is 5.91 Å². The van der Waals surface area contributed by atoms with Gasteiger partial charge in [0.25, 0.3) is 11.5 Å².